The molecular formula is C14H15N5O5. The molecule has 24 heavy (non-hydrogen) atoms. The van der Waals surface area contributed by atoms with Gasteiger partial charge in [0.1, 0.15) is 6.20 Å². The molecule has 0 saturated carbocycles. The monoisotopic (exact) mass is 333 g/mol. The van der Waals surface area contributed by atoms with E-state index in [4.69, 9.17) is 4.42 Å². The lowest BCUT2D eigenvalue weighted by atomic mass is 10.2. The van der Waals surface area contributed by atoms with E-state index < -0.39 is 10.8 Å². The summed E-state index contributed by atoms with van der Waals surface area (Å²) in [6.45, 7) is 1.20. The van der Waals surface area contributed by atoms with Crippen LogP contribution in [0.25, 0.3) is 0 Å². The van der Waals surface area contributed by atoms with Gasteiger partial charge in [0.05, 0.1) is 11.2 Å². The number of aryl methyl sites for hydroxylation is 1. The molecule has 2 amide bonds. The lowest BCUT2D eigenvalue weighted by molar-refractivity contribution is -0.385. The summed E-state index contributed by atoms with van der Waals surface area (Å²) in [5.74, 6) is -0.501. The van der Waals surface area contributed by atoms with Gasteiger partial charge in [-0.2, -0.15) is 5.10 Å². The lowest BCUT2D eigenvalue weighted by Crippen LogP contribution is -2.50. The van der Waals surface area contributed by atoms with Crippen LogP contribution in [0.15, 0.2) is 29.0 Å². The van der Waals surface area contributed by atoms with Gasteiger partial charge in [0.15, 0.2) is 5.76 Å². The first-order chi connectivity index (χ1) is 11.5. The van der Waals surface area contributed by atoms with E-state index >= 15 is 0 Å². The molecular weight excluding hydrogens is 318 g/mol. The summed E-state index contributed by atoms with van der Waals surface area (Å²) in [5, 5.41) is 14.9. The number of carbonyl (C=O) groups is 2. The SMILES string of the molecule is Cn1cc([N+](=O)[O-])c(C(=O)N2CCN(C(=O)c3ccco3)CC2)n1. The average molecular weight is 333 g/mol. The van der Waals surface area contributed by atoms with Crippen molar-refractivity contribution in [2.75, 3.05) is 26.2 Å². The Morgan fingerprint density at radius 1 is 1.21 bits per heavy atom. The second-order valence-corrected chi connectivity index (χ2v) is 5.36. The van der Waals surface area contributed by atoms with E-state index in [0.29, 0.717) is 13.1 Å². The van der Waals surface area contributed by atoms with E-state index in [1.54, 1.807) is 17.0 Å². The molecule has 3 rings (SSSR count). The first kappa shape index (κ1) is 15.7. The summed E-state index contributed by atoms with van der Waals surface area (Å²) in [5.41, 5.74) is -0.509. The Hall–Kier alpha value is -3.17. The van der Waals surface area contributed by atoms with Crippen LogP contribution >= 0.6 is 0 Å². The largest absolute Gasteiger partial charge is 0.459 e. The lowest BCUT2D eigenvalue weighted by Gasteiger charge is -2.33. The van der Waals surface area contributed by atoms with E-state index in [0.717, 1.165) is 0 Å². The highest BCUT2D eigenvalue weighted by atomic mass is 16.6. The molecule has 10 nitrogen and oxygen atoms in total. The van der Waals surface area contributed by atoms with E-state index in [-0.39, 0.29) is 36.1 Å². The van der Waals surface area contributed by atoms with Crippen molar-refractivity contribution >= 4 is 17.5 Å². The molecule has 1 aliphatic heterocycles. The third-order valence-corrected chi connectivity index (χ3v) is 3.79. The molecule has 0 atom stereocenters. The fraction of sp³-hybridized carbons (Fsp3) is 0.357. The number of nitrogens with zero attached hydrogens (tertiary/aromatic N) is 5. The minimum Gasteiger partial charge on any atom is -0.459 e. The molecule has 126 valence electrons. The quantitative estimate of drug-likeness (QED) is 0.597. The van der Waals surface area contributed by atoms with E-state index in [1.807, 2.05) is 0 Å². The topological polar surface area (TPSA) is 115 Å². The van der Waals surface area contributed by atoms with Gasteiger partial charge < -0.3 is 14.2 Å². The maximum Gasteiger partial charge on any atom is 0.320 e. The predicted octanol–water partition coefficient (Wildman–Crippen LogP) is 0.519. The number of carbonyl (C=O) groups excluding carboxylic acids is 2. The van der Waals surface area contributed by atoms with Gasteiger partial charge >= 0.3 is 5.69 Å². The molecule has 1 saturated heterocycles. The highest BCUT2D eigenvalue weighted by Gasteiger charge is 2.32. The molecule has 0 bridgehead atoms. The van der Waals surface area contributed by atoms with Crippen LogP contribution in [0.4, 0.5) is 5.69 Å². The Balaban J connectivity index is 1.67. The van der Waals surface area contributed by atoms with Gasteiger partial charge in [0.2, 0.25) is 5.69 Å². The van der Waals surface area contributed by atoms with Crippen LogP contribution in [0, 0.1) is 10.1 Å². The molecule has 0 aliphatic carbocycles. The van der Waals surface area contributed by atoms with Crippen molar-refractivity contribution < 1.29 is 18.9 Å². The number of amides is 2. The third kappa shape index (κ3) is 2.85. The third-order valence-electron chi connectivity index (χ3n) is 3.79. The number of nitro groups is 1. The number of hydrogen-bond donors (Lipinski definition) is 0. The second kappa shape index (κ2) is 6.14. The number of aromatic nitrogens is 2. The molecule has 1 fully saturated rings. The van der Waals surface area contributed by atoms with Crippen molar-refractivity contribution in [3.63, 3.8) is 0 Å². The zero-order chi connectivity index (χ0) is 17.3. The van der Waals surface area contributed by atoms with Crippen LogP contribution in [0.5, 0.6) is 0 Å². The molecule has 10 heteroatoms. The first-order valence-electron chi connectivity index (χ1n) is 7.27. The van der Waals surface area contributed by atoms with Crippen molar-refractivity contribution in [3.8, 4) is 0 Å². The van der Waals surface area contributed by atoms with Gasteiger partial charge in [-0.25, -0.2) is 0 Å². The maximum atomic E-state index is 12.5. The van der Waals surface area contributed by atoms with E-state index in [1.165, 1.54) is 29.1 Å². The smallest absolute Gasteiger partial charge is 0.320 e. The molecule has 0 aromatic carbocycles. The summed E-state index contributed by atoms with van der Waals surface area (Å²) < 4.78 is 6.32. The Labute approximate surface area is 136 Å². The summed E-state index contributed by atoms with van der Waals surface area (Å²) in [6.07, 6.45) is 2.62. The van der Waals surface area contributed by atoms with E-state index in [2.05, 4.69) is 5.10 Å². The normalized spacial score (nSPS) is 14.7. The average Bonchev–Trinajstić information content (AvgIpc) is 3.23. The second-order valence-electron chi connectivity index (χ2n) is 5.36. The fourth-order valence-electron chi connectivity index (χ4n) is 2.58. The van der Waals surface area contributed by atoms with Crippen LogP contribution in [-0.4, -0.2) is 62.5 Å². The standard InChI is InChI=1S/C14H15N5O5/c1-16-9-10(19(22)23)12(15-16)14(21)18-6-4-17(5-7-18)13(20)11-3-2-8-24-11/h2-3,8-9H,4-7H2,1H3. The van der Waals surface area contributed by atoms with Crippen LogP contribution in [0.3, 0.4) is 0 Å². The minimum absolute atomic E-state index is 0.187. The maximum absolute atomic E-state index is 12.5. The fourth-order valence-corrected chi connectivity index (χ4v) is 2.58. The van der Waals surface area contributed by atoms with Gasteiger partial charge in [0, 0.05) is 33.2 Å². The van der Waals surface area contributed by atoms with Gasteiger partial charge in [-0.3, -0.25) is 24.4 Å². The number of piperazine rings is 1. The van der Waals surface area contributed by atoms with E-state index in [9.17, 15) is 19.7 Å². The number of furan rings is 1. The Morgan fingerprint density at radius 3 is 2.38 bits per heavy atom. The van der Waals surface area contributed by atoms with Crippen molar-refractivity contribution in [2.45, 2.75) is 0 Å². The van der Waals surface area contributed by atoms with Gasteiger partial charge in [-0.1, -0.05) is 0 Å². The zero-order valence-corrected chi connectivity index (χ0v) is 12.9. The number of hydrogen-bond acceptors (Lipinski definition) is 6. The number of rotatable bonds is 3. The zero-order valence-electron chi connectivity index (χ0n) is 12.9. The Bertz CT molecular complexity index is 774. The predicted molar refractivity (Wildman–Crippen MR) is 80.4 cm³/mol. The van der Waals surface area contributed by atoms with Crippen molar-refractivity contribution in [2.24, 2.45) is 7.05 Å². The highest BCUT2D eigenvalue weighted by Crippen LogP contribution is 2.19. The van der Waals surface area contributed by atoms with Crippen molar-refractivity contribution in [3.05, 3.63) is 46.2 Å². The molecule has 0 unspecified atom stereocenters. The van der Waals surface area contributed by atoms with Crippen LogP contribution in [-0.2, 0) is 7.05 Å². The Kier molecular flexibility index (Phi) is 4.02. The van der Waals surface area contributed by atoms with Crippen molar-refractivity contribution in [1.82, 2.24) is 19.6 Å². The van der Waals surface area contributed by atoms with Crippen LogP contribution in [0.2, 0.25) is 0 Å². The van der Waals surface area contributed by atoms with Crippen molar-refractivity contribution in [1.29, 1.82) is 0 Å². The summed E-state index contributed by atoms with van der Waals surface area (Å²) in [4.78, 5) is 38.1. The molecule has 0 N–H and O–H groups in total. The minimum atomic E-state index is -0.628. The van der Waals surface area contributed by atoms with Crippen LogP contribution < -0.4 is 0 Å². The van der Waals surface area contributed by atoms with Crippen LogP contribution in [0.1, 0.15) is 21.0 Å². The Morgan fingerprint density at radius 2 is 1.83 bits per heavy atom. The highest BCUT2D eigenvalue weighted by molar-refractivity contribution is 5.96. The molecule has 2 aromatic rings. The molecule has 3 heterocycles. The summed E-state index contributed by atoms with van der Waals surface area (Å²) in [7, 11) is 1.52. The molecule has 2 aromatic heterocycles. The van der Waals surface area contributed by atoms with Gasteiger partial charge in [0.25, 0.3) is 11.8 Å². The molecule has 0 spiro atoms. The molecule has 0 radical (unpaired) electrons. The summed E-state index contributed by atoms with van der Waals surface area (Å²) in [6, 6.07) is 3.21. The first-order valence-corrected chi connectivity index (χ1v) is 7.27. The van der Waals surface area contributed by atoms with Gasteiger partial charge in [-0.05, 0) is 12.1 Å². The summed E-state index contributed by atoms with van der Waals surface area (Å²) >= 11 is 0. The van der Waals surface area contributed by atoms with Gasteiger partial charge in [-0.15, -0.1) is 0 Å². The molecule has 1 aliphatic rings.